The minimum absolute atomic E-state index is 0.00342. The van der Waals surface area contributed by atoms with E-state index in [1.807, 2.05) is 5.32 Å². The largest absolute Gasteiger partial charge is 0.481 e. The fourth-order valence-corrected chi connectivity index (χ4v) is 2.51. The zero-order valence-corrected chi connectivity index (χ0v) is 18.0. The second-order valence-corrected chi connectivity index (χ2v) is 6.91. The number of hydrogen-bond donors (Lipinski definition) is 10. The van der Waals surface area contributed by atoms with Gasteiger partial charge in [-0.05, 0) is 12.8 Å². The Kier molecular flexibility index (Phi) is 13.4. The smallest absolute Gasteiger partial charge is 0.328 e. The van der Waals surface area contributed by atoms with Gasteiger partial charge in [-0.2, -0.15) is 12.6 Å². The van der Waals surface area contributed by atoms with Crippen LogP contribution in [0.4, 0.5) is 0 Å². The number of carbonyl (C=O) groups is 5. The first kappa shape index (κ1) is 28.9. The molecule has 0 aliphatic carbocycles. The number of nitrogens with two attached hydrogens (primary N) is 3. The molecule has 0 aromatic heterocycles. The number of aliphatic carboxylic acids is 2. The number of aliphatic hydroxyl groups excluding tert-OH is 1. The highest BCUT2D eigenvalue weighted by Gasteiger charge is 2.29. The van der Waals surface area contributed by atoms with E-state index in [0.29, 0.717) is 0 Å². The second-order valence-electron chi connectivity index (χ2n) is 6.54. The predicted octanol–water partition coefficient (Wildman–Crippen LogP) is -4.70. The Hall–Kier alpha value is -3.11. The van der Waals surface area contributed by atoms with Crippen molar-refractivity contribution in [2.45, 2.75) is 43.4 Å². The van der Waals surface area contributed by atoms with Gasteiger partial charge in [-0.1, -0.05) is 0 Å². The SMILES string of the molecule is NC(N)=NCCCC(NC(=O)C(N)CC(=O)O)C(=O)NC(CS)C(=O)NC(CO)C(=O)O. The van der Waals surface area contributed by atoms with Gasteiger partial charge < -0.3 is 48.5 Å². The summed E-state index contributed by atoms with van der Waals surface area (Å²) in [4.78, 5) is 62.5. The summed E-state index contributed by atoms with van der Waals surface area (Å²) in [5.41, 5.74) is 15.9. The van der Waals surface area contributed by atoms with E-state index in [-0.39, 0.29) is 31.1 Å². The summed E-state index contributed by atoms with van der Waals surface area (Å²) in [6.07, 6.45) is -0.440. The molecule has 32 heavy (non-hydrogen) atoms. The van der Waals surface area contributed by atoms with Gasteiger partial charge in [-0.3, -0.25) is 24.2 Å². The molecule has 15 nitrogen and oxygen atoms in total. The minimum atomic E-state index is -1.59. The van der Waals surface area contributed by atoms with Gasteiger partial charge in [0.1, 0.15) is 18.1 Å². The van der Waals surface area contributed by atoms with Crippen molar-refractivity contribution >= 4 is 48.2 Å². The number of amides is 3. The van der Waals surface area contributed by atoms with Crippen molar-refractivity contribution in [3.63, 3.8) is 0 Å². The van der Waals surface area contributed by atoms with E-state index in [0.717, 1.165) is 0 Å². The van der Waals surface area contributed by atoms with Gasteiger partial charge in [0.15, 0.2) is 5.96 Å². The first-order valence-corrected chi connectivity index (χ1v) is 9.94. The molecule has 12 N–H and O–H groups in total. The molecule has 4 unspecified atom stereocenters. The standard InChI is InChI=1S/C16H29N7O8S/c17-7(4-11(25)26)12(27)21-8(2-1-3-20-16(18)19)13(28)23-10(6-32)14(29)22-9(5-24)15(30)31/h7-10,24,32H,1-6,17H2,(H,21,27)(H,22,29)(H,23,28)(H,25,26)(H,30,31)(H4,18,19,20). The van der Waals surface area contributed by atoms with Gasteiger partial charge in [0.25, 0.3) is 0 Å². The number of rotatable bonds is 15. The molecule has 0 aliphatic heterocycles. The molecule has 0 heterocycles. The Balaban J connectivity index is 5.29. The van der Waals surface area contributed by atoms with Crippen LogP contribution in [0.25, 0.3) is 0 Å². The van der Waals surface area contributed by atoms with Crippen molar-refractivity contribution < 1.29 is 39.3 Å². The van der Waals surface area contributed by atoms with Crippen molar-refractivity contribution in [2.75, 3.05) is 18.9 Å². The van der Waals surface area contributed by atoms with E-state index in [4.69, 9.17) is 32.5 Å². The average molecular weight is 480 g/mol. The van der Waals surface area contributed by atoms with Gasteiger partial charge in [-0.15, -0.1) is 0 Å². The van der Waals surface area contributed by atoms with Gasteiger partial charge in [0.05, 0.1) is 19.1 Å². The number of carbonyl (C=O) groups excluding carboxylic acids is 3. The van der Waals surface area contributed by atoms with Gasteiger partial charge in [0.2, 0.25) is 17.7 Å². The lowest BCUT2D eigenvalue weighted by Gasteiger charge is -2.24. The van der Waals surface area contributed by atoms with Crippen LogP contribution in [0.2, 0.25) is 0 Å². The maximum absolute atomic E-state index is 12.7. The molecule has 3 amide bonds. The number of carboxylic acid groups (broad SMARTS) is 2. The van der Waals surface area contributed by atoms with Crippen LogP contribution in [0, 0.1) is 0 Å². The number of aliphatic imine (C=N–C) groups is 1. The molecule has 0 aliphatic rings. The van der Waals surface area contributed by atoms with E-state index in [1.54, 1.807) is 0 Å². The molecule has 0 bridgehead atoms. The molecule has 0 spiro atoms. The Morgan fingerprint density at radius 3 is 1.91 bits per heavy atom. The molecule has 0 saturated carbocycles. The first-order valence-electron chi connectivity index (χ1n) is 9.31. The highest BCUT2D eigenvalue weighted by Crippen LogP contribution is 2.02. The number of nitrogens with zero attached hydrogens (tertiary/aromatic N) is 1. The molecule has 4 atom stereocenters. The van der Waals surface area contributed by atoms with Crippen LogP contribution < -0.4 is 33.2 Å². The monoisotopic (exact) mass is 479 g/mol. The zero-order chi connectivity index (χ0) is 24.8. The van der Waals surface area contributed by atoms with Crippen LogP contribution in [-0.4, -0.2) is 94.0 Å². The summed E-state index contributed by atoms with van der Waals surface area (Å²) in [5.74, 6) is -5.89. The number of guanidine groups is 1. The summed E-state index contributed by atoms with van der Waals surface area (Å²) >= 11 is 3.95. The Morgan fingerprint density at radius 1 is 0.906 bits per heavy atom. The predicted molar refractivity (Wildman–Crippen MR) is 115 cm³/mol. The highest BCUT2D eigenvalue weighted by atomic mass is 32.1. The van der Waals surface area contributed by atoms with E-state index >= 15 is 0 Å². The van der Waals surface area contributed by atoms with Crippen LogP contribution in [-0.2, 0) is 24.0 Å². The molecular formula is C16H29N7O8S. The molecule has 182 valence electrons. The van der Waals surface area contributed by atoms with Crippen molar-refractivity contribution in [2.24, 2.45) is 22.2 Å². The van der Waals surface area contributed by atoms with E-state index < -0.39 is 66.9 Å². The van der Waals surface area contributed by atoms with Crippen molar-refractivity contribution in [3.05, 3.63) is 0 Å². The van der Waals surface area contributed by atoms with Gasteiger partial charge in [-0.25, -0.2) is 4.79 Å². The lowest BCUT2D eigenvalue weighted by atomic mass is 10.1. The molecule has 16 heteroatoms. The minimum Gasteiger partial charge on any atom is -0.481 e. The number of carboxylic acids is 2. The lowest BCUT2D eigenvalue weighted by Crippen LogP contribution is -2.58. The van der Waals surface area contributed by atoms with E-state index in [9.17, 15) is 24.0 Å². The van der Waals surface area contributed by atoms with Crippen LogP contribution in [0.5, 0.6) is 0 Å². The van der Waals surface area contributed by atoms with Crippen molar-refractivity contribution in [1.29, 1.82) is 0 Å². The molecule has 0 fully saturated rings. The number of aliphatic hydroxyl groups is 1. The second kappa shape index (κ2) is 14.8. The summed E-state index contributed by atoms with van der Waals surface area (Å²) in [6.45, 7) is -0.754. The van der Waals surface area contributed by atoms with Gasteiger partial charge in [0, 0.05) is 12.3 Å². The molecule has 0 aromatic carbocycles. The van der Waals surface area contributed by atoms with Crippen molar-refractivity contribution in [1.82, 2.24) is 16.0 Å². The Labute approximate surface area is 188 Å². The van der Waals surface area contributed by atoms with Crippen LogP contribution in [0.3, 0.4) is 0 Å². The fraction of sp³-hybridized carbons (Fsp3) is 0.625. The molecule has 0 radical (unpaired) electrons. The number of hydrogen-bond acceptors (Lipinski definition) is 9. The third-order valence-corrected chi connectivity index (χ3v) is 4.29. The molecular weight excluding hydrogens is 450 g/mol. The lowest BCUT2D eigenvalue weighted by molar-refractivity contribution is -0.143. The molecule has 0 rings (SSSR count). The van der Waals surface area contributed by atoms with Crippen LogP contribution in [0.1, 0.15) is 19.3 Å². The third-order valence-electron chi connectivity index (χ3n) is 3.92. The van der Waals surface area contributed by atoms with Gasteiger partial charge >= 0.3 is 11.9 Å². The summed E-state index contributed by atoms with van der Waals surface area (Å²) in [7, 11) is 0. The summed E-state index contributed by atoms with van der Waals surface area (Å²) in [6, 6.07) is -5.56. The maximum atomic E-state index is 12.7. The number of thiol groups is 1. The van der Waals surface area contributed by atoms with E-state index in [2.05, 4.69) is 28.3 Å². The molecule has 0 saturated heterocycles. The molecule has 0 aromatic rings. The number of nitrogens with one attached hydrogen (secondary N) is 3. The topological polar surface area (TPSA) is 273 Å². The first-order chi connectivity index (χ1) is 14.9. The van der Waals surface area contributed by atoms with Crippen LogP contribution >= 0.6 is 12.6 Å². The fourth-order valence-electron chi connectivity index (χ4n) is 2.26. The third kappa shape index (κ3) is 11.3. The summed E-state index contributed by atoms with van der Waals surface area (Å²) in [5, 5.41) is 33.3. The maximum Gasteiger partial charge on any atom is 0.328 e. The normalized spacial score (nSPS) is 14.2. The zero-order valence-electron chi connectivity index (χ0n) is 17.1. The Morgan fingerprint density at radius 2 is 1.44 bits per heavy atom. The quantitative estimate of drug-likeness (QED) is 0.0461. The van der Waals surface area contributed by atoms with Crippen molar-refractivity contribution in [3.8, 4) is 0 Å². The van der Waals surface area contributed by atoms with Crippen LogP contribution in [0.15, 0.2) is 4.99 Å². The highest BCUT2D eigenvalue weighted by molar-refractivity contribution is 7.80. The summed E-state index contributed by atoms with van der Waals surface area (Å²) < 4.78 is 0. The van der Waals surface area contributed by atoms with E-state index in [1.165, 1.54) is 0 Å². The Bertz CT molecular complexity index is 717. The average Bonchev–Trinajstić information content (AvgIpc) is 2.70.